The first-order valence-corrected chi connectivity index (χ1v) is 4.46. The number of benzene rings is 1. The molecule has 82 valence electrons. The second-order valence-corrected chi connectivity index (χ2v) is 3.06. The van der Waals surface area contributed by atoms with Gasteiger partial charge in [0, 0.05) is 5.56 Å². The van der Waals surface area contributed by atoms with Crippen LogP contribution in [0, 0.1) is 21.4 Å². The number of nitriles is 1. The lowest BCUT2D eigenvalue weighted by molar-refractivity contribution is -0.385. The number of carboxylic acid groups (broad SMARTS) is 1. The van der Waals surface area contributed by atoms with Gasteiger partial charge in [0.1, 0.15) is 5.56 Å². The van der Waals surface area contributed by atoms with Crippen LogP contribution in [0.15, 0.2) is 12.1 Å². The fourth-order valence-corrected chi connectivity index (χ4v) is 1.41. The summed E-state index contributed by atoms with van der Waals surface area (Å²) in [6, 6.07) is 4.13. The van der Waals surface area contributed by atoms with Crippen LogP contribution in [-0.2, 0) is 6.42 Å². The number of rotatable bonds is 3. The van der Waals surface area contributed by atoms with Gasteiger partial charge in [0.05, 0.1) is 16.6 Å². The molecular formula is C10H8N2O4. The SMILES string of the molecule is CCc1cc(C#N)cc(C(=O)O)c1[N+](=O)[O-]. The first-order valence-electron chi connectivity index (χ1n) is 4.46. The van der Waals surface area contributed by atoms with Crippen molar-refractivity contribution in [3.8, 4) is 6.07 Å². The average molecular weight is 220 g/mol. The number of nitrogens with zero attached hydrogens (tertiary/aromatic N) is 2. The number of carbonyl (C=O) groups is 1. The Labute approximate surface area is 90.9 Å². The van der Waals surface area contributed by atoms with Crippen LogP contribution in [0.25, 0.3) is 0 Å². The second-order valence-electron chi connectivity index (χ2n) is 3.06. The fourth-order valence-electron chi connectivity index (χ4n) is 1.41. The molecule has 0 aromatic heterocycles. The van der Waals surface area contributed by atoms with Crippen LogP contribution in [-0.4, -0.2) is 16.0 Å². The van der Waals surface area contributed by atoms with Gasteiger partial charge < -0.3 is 5.11 Å². The molecule has 0 fully saturated rings. The summed E-state index contributed by atoms with van der Waals surface area (Å²) in [5, 5.41) is 28.3. The standard InChI is InChI=1S/C10H8N2O4/c1-2-7-3-6(5-11)4-8(10(13)14)9(7)12(15)16/h3-4H,2H2,1H3,(H,13,14). The Kier molecular flexibility index (Phi) is 3.20. The van der Waals surface area contributed by atoms with Crippen molar-refractivity contribution in [2.75, 3.05) is 0 Å². The van der Waals surface area contributed by atoms with Crippen molar-refractivity contribution in [1.82, 2.24) is 0 Å². The van der Waals surface area contributed by atoms with E-state index in [1.165, 1.54) is 6.07 Å². The van der Waals surface area contributed by atoms with Gasteiger partial charge in [0.2, 0.25) is 0 Å². The van der Waals surface area contributed by atoms with Gasteiger partial charge >= 0.3 is 5.97 Å². The lowest BCUT2D eigenvalue weighted by Gasteiger charge is -2.04. The topological polar surface area (TPSA) is 104 Å². The predicted molar refractivity (Wildman–Crippen MR) is 54.1 cm³/mol. The Morgan fingerprint density at radius 1 is 1.62 bits per heavy atom. The summed E-state index contributed by atoms with van der Waals surface area (Å²) in [6.45, 7) is 1.66. The van der Waals surface area contributed by atoms with E-state index in [1.54, 1.807) is 13.0 Å². The number of hydrogen-bond acceptors (Lipinski definition) is 4. The molecular weight excluding hydrogens is 212 g/mol. The first kappa shape index (κ1) is 11.7. The average Bonchev–Trinajstić information content (AvgIpc) is 2.26. The van der Waals surface area contributed by atoms with Crippen LogP contribution in [0.1, 0.15) is 28.4 Å². The zero-order chi connectivity index (χ0) is 12.3. The minimum Gasteiger partial charge on any atom is -0.477 e. The molecule has 0 aliphatic heterocycles. The Bertz CT molecular complexity index is 502. The first-order chi connectivity index (χ1) is 7.51. The maximum absolute atomic E-state index is 10.8. The molecule has 0 radical (unpaired) electrons. The van der Waals surface area contributed by atoms with E-state index in [1.807, 2.05) is 0 Å². The van der Waals surface area contributed by atoms with E-state index < -0.39 is 22.1 Å². The van der Waals surface area contributed by atoms with Crippen LogP contribution < -0.4 is 0 Å². The van der Waals surface area contributed by atoms with Crippen molar-refractivity contribution in [2.24, 2.45) is 0 Å². The van der Waals surface area contributed by atoms with Gasteiger partial charge in [-0.15, -0.1) is 0 Å². The second kappa shape index (κ2) is 4.40. The molecule has 0 bridgehead atoms. The lowest BCUT2D eigenvalue weighted by atomic mass is 10.0. The Balaban J connectivity index is 3.62. The molecule has 16 heavy (non-hydrogen) atoms. The molecule has 0 spiro atoms. The van der Waals surface area contributed by atoms with Gasteiger partial charge in [-0.25, -0.2) is 4.79 Å². The van der Waals surface area contributed by atoms with E-state index in [-0.39, 0.29) is 11.1 Å². The van der Waals surface area contributed by atoms with Gasteiger partial charge in [-0.2, -0.15) is 5.26 Å². The highest BCUT2D eigenvalue weighted by atomic mass is 16.6. The number of aryl methyl sites for hydroxylation is 1. The van der Waals surface area contributed by atoms with Crippen molar-refractivity contribution in [3.63, 3.8) is 0 Å². The summed E-state index contributed by atoms with van der Waals surface area (Å²) >= 11 is 0. The van der Waals surface area contributed by atoms with Gasteiger partial charge in [-0.1, -0.05) is 6.92 Å². The smallest absolute Gasteiger partial charge is 0.342 e. The quantitative estimate of drug-likeness (QED) is 0.616. The summed E-state index contributed by atoms with van der Waals surface area (Å²) in [6.07, 6.45) is 0.298. The third kappa shape index (κ3) is 1.98. The van der Waals surface area contributed by atoms with Crippen molar-refractivity contribution in [3.05, 3.63) is 38.9 Å². The predicted octanol–water partition coefficient (Wildman–Crippen LogP) is 1.73. The minimum absolute atomic E-state index is 0.111. The van der Waals surface area contributed by atoms with Gasteiger partial charge in [-0.05, 0) is 18.6 Å². The molecule has 0 aliphatic carbocycles. The van der Waals surface area contributed by atoms with Crippen LogP contribution in [0.3, 0.4) is 0 Å². The molecule has 0 unspecified atom stereocenters. The maximum Gasteiger partial charge on any atom is 0.342 e. The summed E-state index contributed by atoms with van der Waals surface area (Å²) in [5.74, 6) is -1.40. The van der Waals surface area contributed by atoms with Crippen LogP contribution in [0.2, 0.25) is 0 Å². The van der Waals surface area contributed by atoms with Crippen LogP contribution in [0.5, 0.6) is 0 Å². The molecule has 0 saturated heterocycles. The van der Waals surface area contributed by atoms with Gasteiger partial charge in [0.25, 0.3) is 5.69 Å². The number of nitro groups is 1. The number of carboxylic acids is 1. The number of nitro benzene ring substituents is 1. The van der Waals surface area contributed by atoms with Crippen LogP contribution >= 0.6 is 0 Å². The summed E-state index contributed by atoms with van der Waals surface area (Å²) in [5.41, 5.74) is -0.517. The normalized spacial score (nSPS) is 9.50. The highest BCUT2D eigenvalue weighted by molar-refractivity contribution is 5.93. The molecule has 1 rings (SSSR count). The summed E-state index contributed by atoms with van der Waals surface area (Å²) in [7, 11) is 0. The zero-order valence-corrected chi connectivity index (χ0v) is 8.43. The summed E-state index contributed by atoms with van der Waals surface area (Å²) < 4.78 is 0. The number of aromatic carboxylic acids is 1. The molecule has 1 aromatic carbocycles. The third-order valence-electron chi connectivity index (χ3n) is 2.11. The molecule has 1 N–H and O–H groups in total. The highest BCUT2D eigenvalue weighted by Crippen LogP contribution is 2.26. The van der Waals surface area contributed by atoms with E-state index in [9.17, 15) is 14.9 Å². The van der Waals surface area contributed by atoms with Crippen LogP contribution in [0.4, 0.5) is 5.69 Å². The molecule has 6 heteroatoms. The van der Waals surface area contributed by atoms with E-state index >= 15 is 0 Å². The fraction of sp³-hybridized carbons (Fsp3) is 0.200. The molecule has 0 heterocycles. The van der Waals surface area contributed by atoms with Crippen molar-refractivity contribution < 1.29 is 14.8 Å². The monoisotopic (exact) mass is 220 g/mol. The lowest BCUT2D eigenvalue weighted by Crippen LogP contribution is -2.06. The molecule has 1 aromatic rings. The molecule has 6 nitrogen and oxygen atoms in total. The summed E-state index contributed by atoms with van der Waals surface area (Å²) in [4.78, 5) is 20.9. The Morgan fingerprint density at radius 3 is 2.62 bits per heavy atom. The maximum atomic E-state index is 10.8. The van der Waals surface area contributed by atoms with Gasteiger partial charge in [-0.3, -0.25) is 10.1 Å². The van der Waals surface area contributed by atoms with E-state index in [2.05, 4.69) is 0 Å². The Morgan fingerprint density at radius 2 is 2.25 bits per heavy atom. The van der Waals surface area contributed by atoms with E-state index in [0.717, 1.165) is 6.07 Å². The van der Waals surface area contributed by atoms with Crippen molar-refractivity contribution in [2.45, 2.75) is 13.3 Å². The number of hydrogen-bond donors (Lipinski definition) is 1. The van der Waals surface area contributed by atoms with Crippen molar-refractivity contribution in [1.29, 1.82) is 5.26 Å². The zero-order valence-electron chi connectivity index (χ0n) is 8.43. The minimum atomic E-state index is -1.40. The Hall–Kier alpha value is -2.42. The van der Waals surface area contributed by atoms with Gasteiger partial charge in [0.15, 0.2) is 0 Å². The molecule has 0 atom stereocenters. The highest BCUT2D eigenvalue weighted by Gasteiger charge is 2.24. The largest absolute Gasteiger partial charge is 0.477 e. The third-order valence-corrected chi connectivity index (χ3v) is 2.11. The molecule has 0 saturated carbocycles. The molecule has 0 amide bonds. The van der Waals surface area contributed by atoms with E-state index in [0.29, 0.717) is 6.42 Å². The van der Waals surface area contributed by atoms with Crippen molar-refractivity contribution >= 4 is 11.7 Å². The molecule has 0 aliphatic rings. The van der Waals surface area contributed by atoms with E-state index in [4.69, 9.17) is 10.4 Å².